The van der Waals surface area contributed by atoms with Crippen molar-refractivity contribution in [1.82, 2.24) is 0 Å². The van der Waals surface area contributed by atoms with Crippen LogP contribution in [0.4, 0.5) is 0 Å². The standard InChI is InChI=1S/C16H14O4/c1-2-19-16(18)14(11-13-9-6-10-20-13)15(17)12-7-4-3-5-8-12/h3-11H,2H2,1H3. The lowest BCUT2D eigenvalue weighted by Gasteiger charge is -2.05. The monoisotopic (exact) mass is 270 g/mol. The number of ether oxygens (including phenoxy) is 1. The van der Waals surface area contributed by atoms with E-state index in [0.29, 0.717) is 11.3 Å². The minimum atomic E-state index is -0.655. The molecule has 0 fully saturated rings. The molecule has 0 radical (unpaired) electrons. The molecule has 2 rings (SSSR count). The summed E-state index contributed by atoms with van der Waals surface area (Å²) in [6.07, 6.45) is 2.87. The van der Waals surface area contributed by atoms with Crippen LogP contribution in [0.3, 0.4) is 0 Å². The fourth-order valence-corrected chi connectivity index (χ4v) is 1.69. The number of hydrogen-bond donors (Lipinski definition) is 0. The molecule has 0 bridgehead atoms. The molecule has 1 heterocycles. The molecule has 0 atom stereocenters. The predicted octanol–water partition coefficient (Wildman–Crippen LogP) is 3.11. The zero-order chi connectivity index (χ0) is 14.4. The largest absolute Gasteiger partial charge is 0.465 e. The van der Waals surface area contributed by atoms with E-state index in [1.54, 1.807) is 49.4 Å². The second-order valence-electron chi connectivity index (χ2n) is 3.99. The molecular formula is C16H14O4. The lowest BCUT2D eigenvalue weighted by atomic mass is 10.0. The molecule has 1 aromatic carbocycles. The summed E-state index contributed by atoms with van der Waals surface area (Å²) in [5.74, 6) is -0.615. The zero-order valence-electron chi connectivity index (χ0n) is 11.0. The predicted molar refractivity (Wildman–Crippen MR) is 74.1 cm³/mol. The highest BCUT2D eigenvalue weighted by Gasteiger charge is 2.21. The maximum absolute atomic E-state index is 12.4. The van der Waals surface area contributed by atoms with Gasteiger partial charge in [-0.2, -0.15) is 0 Å². The molecule has 0 spiro atoms. The van der Waals surface area contributed by atoms with Crippen LogP contribution in [0.25, 0.3) is 6.08 Å². The van der Waals surface area contributed by atoms with Crippen molar-refractivity contribution < 1.29 is 18.7 Å². The highest BCUT2D eigenvalue weighted by atomic mass is 16.5. The topological polar surface area (TPSA) is 56.5 Å². The summed E-state index contributed by atoms with van der Waals surface area (Å²) in [5, 5.41) is 0. The van der Waals surface area contributed by atoms with Gasteiger partial charge in [-0.1, -0.05) is 30.3 Å². The van der Waals surface area contributed by atoms with Gasteiger partial charge in [0.25, 0.3) is 0 Å². The number of benzene rings is 1. The second kappa shape index (κ2) is 6.52. The molecule has 0 N–H and O–H groups in total. The molecule has 20 heavy (non-hydrogen) atoms. The first kappa shape index (κ1) is 13.8. The van der Waals surface area contributed by atoms with Gasteiger partial charge >= 0.3 is 5.97 Å². The third kappa shape index (κ3) is 3.23. The number of Topliss-reactive ketones (excluding diaryl/α,β-unsaturated/α-hetero) is 1. The maximum atomic E-state index is 12.4. The minimum Gasteiger partial charge on any atom is -0.465 e. The molecule has 0 aliphatic carbocycles. The minimum absolute atomic E-state index is 0.0481. The normalized spacial score (nSPS) is 11.2. The molecule has 102 valence electrons. The van der Waals surface area contributed by atoms with E-state index in [2.05, 4.69) is 0 Å². The molecule has 0 unspecified atom stereocenters. The number of esters is 1. The fourth-order valence-electron chi connectivity index (χ4n) is 1.69. The maximum Gasteiger partial charge on any atom is 0.342 e. The molecule has 2 aromatic rings. The summed E-state index contributed by atoms with van der Waals surface area (Å²) in [4.78, 5) is 24.3. The van der Waals surface area contributed by atoms with Gasteiger partial charge in [-0.05, 0) is 25.1 Å². The number of furan rings is 1. The summed E-state index contributed by atoms with van der Waals surface area (Å²) in [6, 6.07) is 11.9. The van der Waals surface area contributed by atoms with Gasteiger partial charge in [-0.25, -0.2) is 4.79 Å². The molecule has 0 aliphatic heterocycles. The van der Waals surface area contributed by atoms with E-state index in [0.717, 1.165) is 0 Å². The van der Waals surface area contributed by atoms with Crippen LogP contribution in [0.2, 0.25) is 0 Å². The van der Waals surface area contributed by atoms with Gasteiger partial charge < -0.3 is 9.15 Å². The Balaban J connectivity index is 2.37. The van der Waals surface area contributed by atoms with Gasteiger partial charge in [-0.3, -0.25) is 4.79 Å². The molecule has 0 aliphatic rings. The number of hydrogen-bond acceptors (Lipinski definition) is 4. The van der Waals surface area contributed by atoms with Crippen LogP contribution < -0.4 is 0 Å². The van der Waals surface area contributed by atoms with Crippen molar-refractivity contribution in [3.8, 4) is 0 Å². The summed E-state index contributed by atoms with van der Waals surface area (Å²) in [5.41, 5.74) is 0.381. The first-order valence-electron chi connectivity index (χ1n) is 6.24. The van der Waals surface area contributed by atoms with Gasteiger partial charge in [0.2, 0.25) is 0 Å². The number of carbonyl (C=O) groups is 2. The number of carbonyl (C=O) groups excluding carboxylic acids is 2. The Hall–Kier alpha value is -2.62. The lowest BCUT2D eigenvalue weighted by Crippen LogP contribution is -2.16. The van der Waals surface area contributed by atoms with Crippen LogP contribution in [0, 0.1) is 0 Å². The van der Waals surface area contributed by atoms with E-state index >= 15 is 0 Å². The van der Waals surface area contributed by atoms with E-state index < -0.39 is 5.97 Å². The van der Waals surface area contributed by atoms with Crippen molar-refractivity contribution in [3.05, 3.63) is 65.6 Å². The Morgan fingerprint density at radius 2 is 1.90 bits per heavy atom. The first-order chi connectivity index (χ1) is 9.72. The molecule has 4 nitrogen and oxygen atoms in total. The number of ketones is 1. The van der Waals surface area contributed by atoms with Crippen molar-refractivity contribution in [2.24, 2.45) is 0 Å². The van der Waals surface area contributed by atoms with Crippen molar-refractivity contribution in [1.29, 1.82) is 0 Å². The SMILES string of the molecule is CCOC(=O)C(=Cc1ccco1)C(=O)c1ccccc1. The second-order valence-corrected chi connectivity index (χ2v) is 3.99. The van der Waals surface area contributed by atoms with Crippen molar-refractivity contribution in [2.45, 2.75) is 6.92 Å². The lowest BCUT2D eigenvalue weighted by molar-refractivity contribution is -0.137. The van der Waals surface area contributed by atoms with E-state index in [-0.39, 0.29) is 18.0 Å². The van der Waals surface area contributed by atoms with Crippen LogP contribution in [-0.4, -0.2) is 18.4 Å². The van der Waals surface area contributed by atoms with Crippen LogP contribution in [0.5, 0.6) is 0 Å². The Morgan fingerprint density at radius 1 is 1.15 bits per heavy atom. The van der Waals surface area contributed by atoms with Gasteiger partial charge in [0, 0.05) is 5.56 Å². The Kier molecular flexibility index (Phi) is 4.50. The summed E-state index contributed by atoms with van der Waals surface area (Å²) in [7, 11) is 0. The quantitative estimate of drug-likeness (QED) is 0.275. The molecule has 0 saturated carbocycles. The van der Waals surface area contributed by atoms with Gasteiger partial charge in [0.15, 0.2) is 5.78 Å². The van der Waals surface area contributed by atoms with Crippen molar-refractivity contribution >= 4 is 17.8 Å². The highest BCUT2D eigenvalue weighted by molar-refractivity contribution is 6.26. The Morgan fingerprint density at radius 3 is 2.50 bits per heavy atom. The Bertz CT molecular complexity index is 609. The van der Waals surface area contributed by atoms with E-state index in [9.17, 15) is 9.59 Å². The first-order valence-corrected chi connectivity index (χ1v) is 6.24. The average molecular weight is 270 g/mol. The van der Waals surface area contributed by atoms with Gasteiger partial charge in [0.05, 0.1) is 12.9 Å². The van der Waals surface area contributed by atoms with Crippen molar-refractivity contribution in [2.75, 3.05) is 6.61 Å². The van der Waals surface area contributed by atoms with Gasteiger partial charge in [0.1, 0.15) is 11.3 Å². The summed E-state index contributed by atoms with van der Waals surface area (Å²) < 4.78 is 10.1. The van der Waals surface area contributed by atoms with Crippen LogP contribution in [0.15, 0.2) is 58.7 Å². The Labute approximate surface area is 116 Å². The smallest absolute Gasteiger partial charge is 0.342 e. The molecule has 0 saturated heterocycles. The summed E-state index contributed by atoms with van der Waals surface area (Å²) in [6.45, 7) is 1.89. The van der Waals surface area contributed by atoms with E-state index in [4.69, 9.17) is 9.15 Å². The van der Waals surface area contributed by atoms with Crippen molar-refractivity contribution in [3.63, 3.8) is 0 Å². The average Bonchev–Trinajstić information content (AvgIpc) is 2.98. The van der Waals surface area contributed by atoms with E-state index in [1.807, 2.05) is 0 Å². The molecule has 4 heteroatoms. The molecule has 1 aromatic heterocycles. The number of rotatable bonds is 5. The molecule has 0 amide bonds. The molecular weight excluding hydrogens is 256 g/mol. The third-order valence-corrected chi connectivity index (χ3v) is 2.61. The third-order valence-electron chi connectivity index (χ3n) is 2.61. The van der Waals surface area contributed by atoms with Crippen LogP contribution >= 0.6 is 0 Å². The zero-order valence-corrected chi connectivity index (χ0v) is 11.0. The van der Waals surface area contributed by atoms with Crippen LogP contribution in [-0.2, 0) is 9.53 Å². The summed E-state index contributed by atoms with van der Waals surface area (Å²) >= 11 is 0. The van der Waals surface area contributed by atoms with Crippen LogP contribution in [0.1, 0.15) is 23.0 Å². The van der Waals surface area contributed by atoms with E-state index in [1.165, 1.54) is 12.3 Å². The highest BCUT2D eigenvalue weighted by Crippen LogP contribution is 2.15. The van der Waals surface area contributed by atoms with Gasteiger partial charge in [-0.15, -0.1) is 0 Å². The fraction of sp³-hybridized carbons (Fsp3) is 0.125.